The molecule has 1 aliphatic heterocycles. The molecule has 0 unspecified atom stereocenters. The quantitative estimate of drug-likeness (QED) is 0.623. The molecule has 1 fully saturated rings. The Morgan fingerprint density at radius 1 is 1.23 bits per heavy atom. The van der Waals surface area contributed by atoms with Crippen LogP contribution in [-0.4, -0.2) is 48.9 Å². The molecule has 164 valence electrons. The van der Waals surface area contributed by atoms with Gasteiger partial charge in [0.2, 0.25) is 0 Å². The first kappa shape index (κ1) is 21.8. The van der Waals surface area contributed by atoms with Gasteiger partial charge in [0.05, 0.1) is 11.6 Å². The Labute approximate surface area is 184 Å². The number of hydrogen-bond acceptors (Lipinski definition) is 5. The zero-order chi connectivity index (χ0) is 22.0. The Hall–Kier alpha value is -2.42. The highest BCUT2D eigenvalue weighted by molar-refractivity contribution is 6.30. The molecule has 3 aromatic rings. The summed E-state index contributed by atoms with van der Waals surface area (Å²) in [5, 5.41) is 16.4. The third-order valence-electron chi connectivity index (χ3n) is 6.20. The fourth-order valence-electron chi connectivity index (χ4n) is 4.36. The number of hydrogen-bond donors (Lipinski definition) is 1. The van der Waals surface area contributed by atoms with Crippen molar-refractivity contribution in [2.45, 2.75) is 43.9 Å². The van der Waals surface area contributed by atoms with Gasteiger partial charge in [-0.1, -0.05) is 17.7 Å². The summed E-state index contributed by atoms with van der Waals surface area (Å²) >= 11 is 5.94. The van der Waals surface area contributed by atoms with Gasteiger partial charge >= 0.3 is 0 Å². The van der Waals surface area contributed by atoms with E-state index in [1.807, 2.05) is 19.1 Å². The van der Waals surface area contributed by atoms with Crippen LogP contribution in [0.4, 0.5) is 8.78 Å². The molecule has 1 N–H and O–H groups in total. The Bertz CT molecular complexity index is 1010. The van der Waals surface area contributed by atoms with Crippen molar-refractivity contribution in [3.05, 3.63) is 77.1 Å². The smallest absolute Gasteiger partial charge is 0.137 e. The van der Waals surface area contributed by atoms with Crippen LogP contribution in [0.1, 0.15) is 36.9 Å². The number of aromatic nitrogens is 4. The maximum Gasteiger partial charge on any atom is 0.137 e. The Morgan fingerprint density at radius 2 is 2.00 bits per heavy atom. The first-order valence-corrected chi connectivity index (χ1v) is 10.6. The largest absolute Gasteiger partial charge is 0.381 e. The van der Waals surface area contributed by atoms with E-state index >= 15 is 0 Å². The molecule has 0 saturated carbocycles. The Morgan fingerprint density at radius 3 is 2.61 bits per heavy atom. The molecule has 6 nitrogen and oxygen atoms in total. The van der Waals surface area contributed by atoms with Crippen molar-refractivity contribution < 1.29 is 13.9 Å². The highest BCUT2D eigenvalue weighted by atomic mass is 35.5. The van der Waals surface area contributed by atoms with E-state index in [9.17, 15) is 13.9 Å². The van der Waals surface area contributed by atoms with E-state index < -0.39 is 23.3 Å². The number of aliphatic hydroxyl groups is 1. The number of piperidine rings is 1. The van der Waals surface area contributed by atoms with E-state index in [4.69, 9.17) is 11.6 Å². The zero-order valence-corrected chi connectivity index (χ0v) is 17.9. The number of nitrogens with zero attached hydrogens (tertiary/aromatic N) is 5. The molecule has 0 amide bonds. The summed E-state index contributed by atoms with van der Waals surface area (Å²) in [5.74, 6) is -1.17. The first-order chi connectivity index (χ1) is 14.9. The molecule has 3 heterocycles. The molecule has 0 bridgehead atoms. The van der Waals surface area contributed by atoms with Crippen LogP contribution in [0.5, 0.6) is 0 Å². The van der Waals surface area contributed by atoms with E-state index in [0.717, 1.165) is 30.7 Å². The number of rotatable bonds is 6. The average molecular weight is 448 g/mol. The molecule has 9 heteroatoms. The standard InChI is InChI=1S/C22H24ClF2N5O/c1-15(29-8-6-16(7-9-29)21-5-2-17(23)11-27-21)22(31,12-30-14-26-13-28-30)19-4-3-18(24)10-20(19)25/h2-5,10-11,13-16,31H,6-9,12H2,1H3/t15-,22-/m1/s1. The van der Waals surface area contributed by atoms with Gasteiger partial charge in [-0.15, -0.1) is 0 Å². The van der Waals surface area contributed by atoms with Crippen molar-refractivity contribution in [2.75, 3.05) is 13.1 Å². The molecular formula is C22H24ClF2N5O. The lowest BCUT2D eigenvalue weighted by atomic mass is 9.83. The van der Waals surface area contributed by atoms with Crippen LogP contribution in [0.3, 0.4) is 0 Å². The van der Waals surface area contributed by atoms with Gasteiger partial charge in [-0.2, -0.15) is 5.10 Å². The maximum absolute atomic E-state index is 14.7. The zero-order valence-electron chi connectivity index (χ0n) is 17.1. The molecule has 31 heavy (non-hydrogen) atoms. The fourth-order valence-corrected chi connectivity index (χ4v) is 4.47. The minimum Gasteiger partial charge on any atom is -0.381 e. The van der Waals surface area contributed by atoms with Gasteiger partial charge in [0.15, 0.2) is 0 Å². The van der Waals surface area contributed by atoms with Gasteiger partial charge in [0, 0.05) is 35.5 Å². The van der Waals surface area contributed by atoms with Gasteiger partial charge in [-0.3, -0.25) is 9.88 Å². The van der Waals surface area contributed by atoms with Crippen LogP contribution in [0.15, 0.2) is 49.2 Å². The lowest BCUT2D eigenvalue weighted by molar-refractivity contribution is -0.0692. The van der Waals surface area contributed by atoms with Crippen LogP contribution in [0.2, 0.25) is 5.02 Å². The van der Waals surface area contributed by atoms with Crippen LogP contribution in [-0.2, 0) is 12.1 Å². The number of benzene rings is 1. The minimum absolute atomic E-state index is 0.00458. The second kappa shape index (κ2) is 8.98. The van der Waals surface area contributed by atoms with Crippen LogP contribution < -0.4 is 0 Å². The number of pyridine rings is 1. The van der Waals surface area contributed by atoms with Crippen LogP contribution in [0.25, 0.3) is 0 Å². The summed E-state index contributed by atoms with van der Waals surface area (Å²) in [6.45, 7) is 3.27. The molecule has 2 aromatic heterocycles. The normalized spacial score (nSPS) is 18.6. The summed E-state index contributed by atoms with van der Waals surface area (Å²) in [5.41, 5.74) is -0.589. The van der Waals surface area contributed by atoms with E-state index in [0.29, 0.717) is 24.0 Å². The summed E-state index contributed by atoms with van der Waals surface area (Å²) < 4.78 is 29.7. The van der Waals surface area contributed by atoms with E-state index in [2.05, 4.69) is 20.0 Å². The summed E-state index contributed by atoms with van der Waals surface area (Å²) in [6, 6.07) is 6.61. The van der Waals surface area contributed by atoms with Crippen molar-refractivity contribution in [3.8, 4) is 0 Å². The Kier molecular flexibility index (Phi) is 6.31. The van der Waals surface area contributed by atoms with E-state index in [1.165, 1.54) is 23.4 Å². The minimum atomic E-state index is -1.63. The van der Waals surface area contributed by atoms with Crippen LogP contribution >= 0.6 is 11.6 Å². The maximum atomic E-state index is 14.7. The number of halogens is 3. The number of likely N-dealkylation sites (tertiary alicyclic amines) is 1. The summed E-state index contributed by atoms with van der Waals surface area (Å²) in [7, 11) is 0. The molecule has 1 saturated heterocycles. The Balaban J connectivity index is 1.56. The molecule has 2 atom stereocenters. The first-order valence-electron chi connectivity index (χ1n) is 10.2. The average Bonchev–Trinajstić information content (AvgIpc) is 3.26. The van der Waals surface area contributed by atoms with Crippen molar-refractivity contribution >= 4 is 11.6 Å². The predicted molar refractivity (Wildman–Crippen MR) is 113 cm³/mol. The fraction of sp³-hybridized carbons (Fsp3) is 0.409. The molecule has 1 aromatic carbocycles. The molecule has 0 radical (unpaired) electrons. The second-order valence-electron chi connectivity index (χ2n) is 8.03. The third-order valence-corrected chi connectivity index (χ3v) is 6.43. The van der Waals surface area contributed by atoms with Gasteiger partial charge in [-0.05, 0) is 51.1 Å². The molecular weight excluding hydrogens is 424 g/mol. The van der Waals surface area contributed by atoms with E-state index in [-0.39, 0.29) is 12.1 Å². The predicted octanol–water partition coefficient (Wildman–Crippen LogP) is 3.76. The van der Waals surface area contributed by atoms with Gasteiger partial charge in [-0.25, -0.2) is 18.4 Å². The highest BCUT2D eigenvalue weighted by Gasteiger charge is 2.42. The second-order valence-corrected chi connectivity index (χ2v) is 8.47. The molecule has 1 aliphatic rings. The van der Waals surface area contributed by atoms with Crippen molar-refractivity contribution in [3.63, 3.8) is 0 Å². The summed E-state index contributed by atoms with van der Waals surface area (Å²) in [4.78, 5) is 10.5. The van der Waals surface area contributed by atoms with Crippen molar-refractivity contribution in [1.82, 2.24) is 24.6 Å². The lowest BCUT2D eigenvalue weighted by Gasteiger charge is -2.44. The third kappa shape index (κ3) is 4.61. The van der Waals surface area contributed by atoms with Gasteiger partial charge in [0.25, 0.3) is 0 Å². The summed E-state index contributed by atoms with van der Waals surface area (Å²) in [6.07, 6.45) is 6.18. The lowest BCUT2D eigenvalue weighted by Crippen LogP contribution is -2.53. The SMILES string of the molecule is C[C@@H](N1CCC(c2ccc(Cl)cn2)CC1)[C@](O)(Cn1cncn1)c1ccc(F)cc1F. The van der Waals surface area contributed by atoms with Crippen LogP contribution in [0, 0.1) is 11.6 Å². The highest BCUT2D eigenvalue weighted by Crippen LogP contribution is 2.36. The molecule has 0 aliphatic carbocycles. The topological polar surface area (TPSA) is 67.1 Å². The molecule has 4 rings (SSSR count). The van der Waals surface area contributed by atoms with E-state index in [1.54, 1.807) is 6.20 Å². The van der Waals surface area contributed by atoms with Crippen molar-refractivity contribution in [2.24, 2.45) is 0 Å². The van der Waals surface area contributed by atoms with Gasteiger partial charge in [0.1, 0.15) is 29.9 Å². The van der Waals surface area contributed by atoms with Gasteiger partial charge < -0.3 is 5.11 Å². The molecule has 0 spiro atoms. The monoisotopic (exact) mass is 447 g/mol. The van der Waals surface area contributed by atoms with Crippen molar-refractivity contribution in [1.29, 1.82) is 0 Å².